The minimum atomic E-state index is -0.824. The van der Waals surface area contributed by atoms with Gasteiger partial charge in [-0.15, -0.1) is 0 Å². The molecule has 0 saturated heterocycles. The van der Waals surface area contributed by atoms with Crippen LogP contribution in [0.3, 0.4) is 0 Å². The van der Waals surface area contributed by atoms with Crippen LogP contribution in [0.15, 0.2) is 18.2 Å². The highest BCUT2D eigenvalue weighted by Crippen LogP contribution is 2.34. The van der Waals surface area contributed by atoms with E-state index in [2.05, 4.69) is 0 Å². The zero-order valence-electron chi connectivity index (χ0n) is 10.8. The summed E-state index contributed by atoms with van der Waals surface area (Å²) in [4.78, 5) is 35.6. The van der Waals surface area contributed by atoms with E-state index in [0.717, 1.165) is 0 Å². The number of ketones is 1. The van der Waals surface area contributed by atoms with Crippen molar-refractivity contribution in [2.24, 2.45) is 0 Å². The molecule has 0 saturated carbocycles. The molecule has 1 aliphatic heterocycles. The number of carboxylic acids is 1. The Morgan fingerprint density at radius 1 is 1.20 bits per heavy atom. The van der Waals surface area contributed by atoms with E-state index in [9.17, 15) is 14.4 Å². The molecule has 0 aromatic heterocycles. The zero-order chi connectivity index (χ0) is 14.7. The molecule has 1 heterocycles. The van der Waals surface area contributed by atoms with Gasteiger partial charge in [-0.2, -0.15) is 0 Å². The molecule has 0 spiro atoms. The molecule has 1 N–H and O–H groups in total. The van der Waals surface area contributed by atoms with Crippen LogP contribution < -0.4 is 4.90 Å². The van der Waals surface area contributed by atoms with Gasteiger partial charge in [0.1, 0.15) is 0 Å². The van der Waals surface area contributed by atoms with E-state index >= 15 is 0 Å². The molecular formula is C14H14ClNO4. The van der Waals surface area contributed by atoms with Crippen molar-refractivity contribution in [3.63, 3.8) is 0 Å². The standard InChI is InChI=1S/C14H14ClNO4/c15-9-5-4-6-10-12(9)13(19)14(20)16(10)8-3-1-2-7-11(17)18/h4-6H,1-3,7-8H2,(H,17,18). The van der Waals surface area contributed by atoms with Crippen LogP contribution in [0.2, 0.25) is 5.02 Å². The first-order valence-corrected chi connectivity index (χ1v) is 6.76. The lowest BCUT2D eigenvalue weighted by atomic mass is 10.1. The minimum absolute atomic E-state index is 0.120. The summed E-state index contributed by atoms with van der Waals surface area (Å²) in [6.07, 6.45) is 2.03. The van der Waals surface area contributed by atoms with Crippen LogP contribution in [0.25, 0.3) is 0 Å². The molecule has 0 fully saturated rings. The van der Waals surface area contributed by atoms with E-state index in [-0.39, 0.29) is 17.0 Å². The summed E-state index contributed by atoms with van der Waals surface area (Å²) in [6, 6.07) is 4.98. The number of carbonyl (C=O) groups is 3. The summed E-state index contributed by atoms with van der Waals surface area (Å²) in [5.74, 6) is -1.96. The lowest BCUT2D eigenvalue weighted by Gasteiger charge is -2.16. The number of hydrogen-bond donors (Lipinski definition) is 1. The first-order chi connectivity index (χ1) is 9.52. The fourth-order valence-corrected chi connectivity index (χ4v) is 2.50. The Bertz CT molecular complexity index is 570. The summed E-state index contributed by atoms with van der Waals surface area (Å²) in [6.45, 7) is 0.400. The van der Waals surface area contributed by atoms with Crippen LogP contribution in [0, 0.1) is 0 Å². The Hall–Kier alpha value is -1.88. The van der Waals surface area contributed by atoms with Gasteiger partial charge in [0.25, 0.3) is 11.7 Å². The Kier molecular flexibility index (Phi) is 4.39. The van der Waals surface area contributed by atoms with Gasteiger partial charge in [0.05, 0.1) is 16.3 Å². The van der Waals surface area contributed by atoms with Crippen LogP contribution in [0.1, 0.15) is 36.0 Å². The quantitative estimate of drug-likeness (QED) is 0.646. The van der Waals surface area contributed by atoms with Crippen molar-refractivity contribution in [2.75, 3.05) is 11.4 Å². The number of halogens is 1. The van der Waals surface area contributed by atoms with E-state index in [4.69, 9.17) is 16.7 Å². The third-order valence-corrected chi connectivity index (χ3v) is 3.54. The Morgan fingerprint density at radius 2 is 1.95 bits per heavy atom. The molecule has 0 atom stereocenters. The monoisotopic (exact) mass is 295 g/mol. The number of hydrogen-bond acceptors (Lipinski definition) is 3. The van der Waals surface area contributed by atoms with Crippen molar-refractivity contribution in [3.8, 4) is 0 Å². The Labute approximate surface area is 121 Å². The molecule has 1 aliphatic rings. The van der Waals surface area contributed by atoms with E-state index in [1.54, 1.807) is 18.2 Å². The Balaban J connectivity index is 2.00. The summed E-state index contributed by atoms with van der Waals surface area (Å²) in [5, 5.41) is 8.82. The SMILES string of the molecule is O=C(O)CCCCCN1C(=O)C(=O)c2c(Cl)cccc21. The number of amides is 1. The van der Waals surface area contributed by atoms with Crippen molar-refractivity contribution < 1.29 is 19.5 Å². The number of unbranched alkanes of at least 4 members (excludes halogenated alkanes) is 2. The van der Waals surface area contributed by atoms with E-state index in [0.29, 0.717) is 31.5 Å². The lowest BCUT2D eigenvalue weighted by Crippen LogP contribution is -2.30. The average Bonchev–Trinajstić information content (AvgIpc) is 2.64. The summed E-state index contributed by atoms with van der Waals surface area (Å²) < 4.78 is 0. The number of fused-ring (bicyclic) bond motifs is 1. The molecule has 0 radical (unpaired) electrons. The molecule has 20 heavy (non-hydrogen) atoms. The predicted octanol–water partition coefficient (Wildman–Crippen LogP) is 2.51. The van der Waals surface area contributed by atoms with Crippen LogP contribution in [-0.2, 0) is 9.59 Å². The summed E-state index contributed by atoms with van der Waals surface area (Å²) in [7, 11) is 0. The normalized spacial score (nSPS) is 13.8. The average molecular weight is 296 g/mol. The van der Waals surface area contributed by atoms with Gasteiger partial charge in [0.2, 0.25) is 0 Å². The van der Waals surface area contributed by atoms with Crippen molar-refractivity contribution in [2.45, 2.75) is 25.7 Å². The molecule has 0 unspecified atom stereocenters. The van der Waals surface area contributed by atoms with Crippen LogP contribution in [0.4, 0.5) is 5.69 Å². The van der Waals surface area contributed by atoms with Gasteiger partial charge in [-0.1, -0.05) is 24.1 Å². The third kappa shape index (κ3) is 2.82. The maximum absolute atomic E-state index is 11.9. The molecule has 0 bridgehead atoms. The largest absolute Gasteiger partial charge is 0.481 e. The smallest absolute Gasteiger partial charge is 0.303 e. The number of Topliss-reactive ketones (excluding diaryl/α,β-unsaturated/α-hetero) is 1. The van der Waals surface area contributed by atoms with Crippen molar-refractivity contribution in [1.29, 1.82) is 0 Å². The van der Waals surface area contributed by atoms with Gasteiger partial charge in [0, 0.05) is 13.0 Å². The van der Waals surface area contributed by atoms with Gasteiger partial charge in [-0.25, -0.2) is 0 Å². The van der Waals surface area contributed by atoms with Crippen molar-refractivity contribution >= 4 is 34.9 Å². The first kappa shape index (κ1) is 14.5. The summed E-state index contributed by atoms with van der Waals surface area (Å²) >= 11 is 5.95. The second-order valence-electron chi connectivity index (χ2n) is 4.62. The molecule has 1 aromatic carbocycles. The Morgan fingerprint density at radius 3 is 2.65 bits per heavy atom. The zero-order valence-corrected chi connectivity index (χ0v) is 11.5. The highest BCUT2D eigenvalue weighted by molar-refractivity contribution is 6.55. The maximum Gasteiger partial charge on any atom is 0.303 e. The van der Waals surface area contributed by atoms with E-state index < -0.39 is 17.7 Å². The predicted molar refractivity (Wildman–Crippen MR) is 74.2 cm³/mol. The highest BCUT2D eigenvalue weighted by Gasteiger charge is 2.36. The van der Waals surface area contributed by atoms with Crippen LogP contribution in [0.5, 0.6) is 0 Å². The third-order valence-electron chi connectivity index (χ3n) is 3.22. The number of nitrogens with zero attached hydrogens (tertiary/aromatic N) is 1. The highest BCUT2D eigenvalue weighted by atomic mass is 35.5. The maximum atomic E-state index is 11.9. The van der Waals surface area contributed by atoms with Crippen molar-refractivity contribution in [3.05, 3.63) is 28.8 Å². The van der Waals surface area contributed by atoms with Gasteiger partial charge in [-0.05, 0) is 25.0 Å². The van der Waals surface area contributed by atoms with Gasteiger partial charge < -0.3 is 10.0 Å². The number of benzene rings is 1. The van der Waals surface area contributed by atoms with Gasteiger partial charge in [0.15, 0.2) is 0 Å². The fourth-order valence-electron chi connectivity index (χ4n) is 2.25. The van der Waals surface area contributed by atoms with Crippen molar-refractivity contribution in [1.82, 2.24) is 0 Å². The number of aliphatic carboxylic acids is 1. The van der Waals surface area contributed by atoms with Gasteiger partial charge in [-0.3, -0.25) is 14.4 Å². The molecule has 5 nitrogen and oxygen atoms in total. The summed E-state index contributed by atoms with van der Waals surface area (Å²) in [5.41, 5.74) is 0.815. The molecule has 1 amide bonds. The molecule has 0 aliphatic carbocycles. The van der Waals surface area contributed by atoms with E-state index in [1.807, 2.05) is 0 Å². The lowest BCUT2D eigenvalue weighted by molar-refractivity contribution is -0.137. The fraction of sp³-hybridized carbons (Fsp3) is 0.357. The van der Waals surface area contributed by atoms with Crippen LogP contribution >= 0.6 is 11.6 Å². The van der Waals surface area contributed by atoms with Gasteiger partial charge >= 0.3 is 5.97 Å². The molecule has 6 heteroatoms. The number of rotatable bonds is 6. The number of carbonyl (C=O) groups excluding carboxylic acids is 2. The molecule has 2 rings (SSSR count). The second-order valence-corrected chi connectivity index (χ2v) is 5.03. The topological polar surface area (TPSA) is 74.7 Å². The second kappa shape index (κ2) is 6.05. The molecular weight excluding hydrogens is 282 g/mol. The van der Waals surface area contributed by atoms with E-state index in [1.165, 1.54) is 4.90 Å². The minimum Gasteiger partial charge on any atom is -0.481 e. The number of carboxylic acid groups (broad SMARTS) is 1. The number of anilines is 1. The molecule has 106 valence electrons. The first-order valence-electron chi connectivity index (χ1n) is 6.39. The molecule has 1 aromatic rings. The van der Waals surface area contributed by atoms with Crippen LogP contribution in [-0.4, -0.2) is 29.3 Å².